The molecule has 1 fully saturated rings. The summed E-state index contributed by atoms with van der Waals surface area (Å²) in [4.78, 5) is 7.70. The number of rotatable bonds is 5. The number of aliphatic imine (C=N–C) groups is 1. The number of nitrogens with zero attached hydrogens (tertiary/aromatic N) is 2. The van der Waals surface area contributed by atoms with E-state index in [0.29, 0.717) is 12.2 Å². The number of hydrogen-bond acceptors (Lipinski definition) is 6. The molecule has 0 aliphatic carbocycles. The van der Waals surface area contributed by atoms with E-state index in [-0.39, 0.29) is 17.5 Å². The molecule has 1 spiro atoms. The topological polar surface area (TPSA) is 66.3 Å². The van der Waals surface area contributed by atoms with Gasteiger partial charge in [-0.25, -0.2) is 0 Å². The van der Waals surface area contributed by atoms with Crippen molar-refractivity contribution in [3.8, 4) is 17.2 Å². The second-order valence-electron chi connectivity index (χ2n) is 8.06. The van der Waals surface area contributed by atoms with Gasteiger partial charge in [0.15, 0.2) is 11.5 Å². The van der Waals surface area contributed by atoms with Crippen molar-refractivity contribution in [2.75, 3.05) is 33.9 Å². The molecule has 0 radical (unpaired) electrons. The van der Waals surface area contributed by atoms with Gasteiger partial charge in [0.25, 0.3) is 0 Å². The Hall–Kier alpha value is -2.57. The summed E-state index contributed by atoms with van der Waals surface area (Å²) in [6, 6.07) is 13.7. The number of piperidine rings is 1. The lowest BCUT2D eigenvalue weighted by Crippen LogP contribution is -2.56. The number of nitrogens with one attached hydrogen (secondary N) is 1. The van der Waals surface area contributed by atoms with Gasteiger partial charge in [-0.05, 0) is 43.1 Å². The molecule has 1 saturated heterocycles. The van der Waals surface area contributed by atoms with E-state index in [4.69, 9.17) is 14.5 Å². The molecule has 2 N–H and O–H groups in total. The van der Waals surface area contributed by atoms with E-state index < -0.39 is 0 Å². The highest BCUT2D eigenvalue weighted by molar-refractivity contribution is 6.02. The Bertz CT molecular complexity index is 920. The van der Waals surface area contributed by atoms with Crippen LogP contribution in [0.5, 0.6) is 17.2 Å². The molecule has 2 aromatic carbocycles. The van der Waals surface area contributed by atoms with Gasteiger partial charge in [0.05, 0.1) is 14.2 Å². The summed E-state index contributed by atoms with van der Waals surface area (Å²) in [6.45, 7) is 5.28. The van der Waals surface area contributed by atoms with E-state index >= 15 is 0 Å². The summed E-state index contributed by atoms with van der Waals surface area (Å²) in [6.07, 6.45) is 2.57. The molecule has 0 bridgehead atoms. The van der Waals surface area contributed by atoms with Crippen LogP contribution in [0.25, 0.3) is 0 Å². The molecule has 2 heterocycles. The van der Waals surface area contributed by atoms with Gasteiger partial charge in [0.2, 0.25) is 0 Å². The third-order valence-corrected chi connectivity index (χ3v) is 6.35. The van der Waals surface area contributed by atoms with Crippen molar-refractivity contribution in [2.45, 2.75) is 37.9 Å². The number of phenolic OH excluding ortho intramolecular Hbond substituents is 1. The van der Waals surface area contributed by atoms with Crippen molar-refractivity contribution in [2.24, 2.45) is 4.99 Å². The van der Waals surface area contributed by atoms with Gasteiger partial charge >= 0.3 is 0 Å². The average molecular weight is 410 g/mol. The van der Waals surface area contributed by atoms with Gasteiger partial charge in [-0.3, -0.25) is 10.3 Å². The molecule has 0 amide bonds. The number of phenols is 1. The maximum absolute atomic E-state index is 10.8. The van der Waals surface area contributed by atoms with Gasteiger partial charge in [-0.15, -0.1) is 0 Å². The van der Waals surface area contributed by atoms with Crippen molar-refractivity contribution < 1.29 is 14.6 Å². The maximum Gasteiger partial charge on any atom is 0.162 e. The molecule has 0 unspecified atom stereocenters. The van der Waals surface area contributed by atoms with E-state index in [1.54, 1.807) is 20.3 Å². The zero-order valence-electron chi connectivity index (χ0n) is 18.0. The van der Waals surface area contributed by atoms with Crippen molar-refractivity contribution >= 4 is 5.71 Å². The van der Waals surface area contributed by atoms with Gasteiger partial charge in [0, 0.05) is 36.8 Å². The Morgan fingerprint density at radius 1 is 1.13 bits per heavy atom. The SMILES string of the molecule is CCN1CCC2(CC1)N=C(c1cccc(OC)c1)C[C@H](c1cccc(OC)c1O)N2. The summed E-state index contributed by atoms with van der Waals surface area (Å²) >= 11 is 0. The smallest absolute Gasteiger partial charge is 0.162 e. The second kappa shape index (κ2) is 8.66. The van der Waals surface area contributed by atoms with Crippen LogP contribution in [0.2, 0.25) is 0 Å². The van der Waals surface area contributed by atoms with E-state index in [1.165, 1.54) is 0 Å². The molecule has 160 valence electrons. The number of likely N-dealkylation sites (tertiary alicyclic amines) is 1. The van der Waals surface area contributed by atoms with Gasteiger partial charge in [0.1, 0.15) is 11.4 Å². The highest BCUT2D eigenvalue weighted by Crippen LogP contribution is 2.40. The minimum Gasteiger partial charge on any atom is -0.504 e. The molecule has 0 saturated carbocycles. The molecule has 2 aromatic rings. The summed E-state index contributed by atoms with van der Waals surface area (Å²) in [7, 11) is 3.26. The van der Waals surface area contributed by atoms with Gasteiger partial charge < -0.3 is 19.5 Å². The summed E-state index contributed by atoms with van der Waals surface area (Å²) in [5, 5.41) is 14.6. The molecule has 4 rings (SSSR count). The first kappa shape index (κ1) is 20.7. The average Bonchev–Trinajstić information content (AvgIpc) is 2.79. The van der Waals surface area contributed by atoms with Crippen molar-refractivity contribution in [1.82, 2.24) is 10.2 Å². The minimum absolute atomic E-state index is 0.0491. The van der Waals surface area contributed by atoms with Crippen LogP contribution in [-0.4, -0.2) is 55.2 Å². The predicted molar refractivity (Wildman–Crippen MR) is 119 cm³/mol. The third-order valence-electron chi connectivity index (χ3n) is 6.35. The number of methoxy groups -OCH3 is 2. The first-order chi connectivity index (χ1) is 14.6. The van der Waals surface area contributed by atoms with E-state index in [1.807, 2.05) is 30.3 Å². The van der Waals surface area contributed by atoms with Crippen LogP contribution in [0.4, 0.5) is 0 Å². The molecule has 6 nitrogen and oxygen atoms in total. The maximum atomic E-state index is 10.8. The van der Waals surface area contributed by atoms with Crippen molar-refractivity contribution in [1.29, 1.82) is 0 Å². The van der Waals surface area contributed by atoms with Gasteiger partial charge in [-0.1, -0.05) is 31.2 Å². The molecular weight excluding hydrogens is 378 g/mol. The Balaban J connectivity index is 1.73. The van der Waals surface area contributed by atoms with E-state index in [2.05, 4.69) is 23.2 Å². The lowest BCUT2D eigenvalue weighted by atomic mass is 9.87. The molecule has 1 atom stereocenters. The third kappa shape index (κ3) is 4.02. The van der Waals surface area contributed by atoms with Crippen LogP contribution >= 0.6 is 0 Å². The lowest BCUT2D eigenvalue weighted by Gasteiger charge is -2.45. The molecule has 30 heavy (non-hydrogen) atoms. The predicted octanol–water partition coefficient (Wildman–Crippen LogP) is 3.75. The van der Waals surface area contributed by atoms with Crippen LogP contribution in [0.15, 0.2) is 47.5 Å². The summed E-state index contributed by atoms with van der Waals surface area (Å²) in [5.41, 5.74) is 2.63. The number of ether oxygens (including phenoxy) is 2. The fourth-order valence-electron chi connectivity index (χ4n) is 4.56. The van der Waals surface area contributed by atoms with Crippen molar-refractivity contribution in [3.63, 3.8) is 0 Å². The largest absolute Gasteiger partial charge is 0.504 e. The molecule has 2 aliphatic heterocycles. The van der Waals surface area contributed by atoms with Gasteiger partial charge in [-0.2, -0.15) is 0 Å². The van der Waals surface area contributed by atoms with E-state index in [0.717, 1.165) is 55.1 Å². The molecule has 6 heteroatoms. The fraction of sp³-hybridized carbons (Fsp3) is 0.458. The number of hydrogen-bond donors (Lipinski definition) is 2. The quantitative estimate of drug-likeness (QED) is 0.787. The normalized spacial score (nSPS) is 21.3. The Morgan fingerprint density at radius 3 is 2.60 bits per heavy atom. The van der Waals surface area contributed by atoms with E-state index in [9.17, 15) is 5.11 Å². The van der Waals surface area contributed by atoms with Crippen LogP contribution in [0.1, 0.15) is 43.4 Å². The Morgan fingerprint density at radius 2 is 1.90 bits per heavy atom. The summed E-state index contributed by atoms with van der Waals surface area (Å²) < 4.78 is 10.8. The van der Waals surface area contributed by atoms with Crippen LogP contribution < -0.4 is 14.8 Å². The minimum atomic E-state index is -0.331. The molecular formula is C24H31N3O3. The van der Waals surface area contributed by atoms with Crippen LogP contribution in [0.3, 0.4) is 0 Å². The summed E-state index contributed by atoms with van der Waals surface area (Å²) in [5.74, 6) is 1.52. The Labute approximate surface area is 178 Å². The first-order valence-corrected chi connectivity index (χ1v) is 10.7. The van der Waals surface area contributed by atoms with Crippen LogP contribution in [0, 0.1) is 0 Å². The molecule has 0 aromatic heterocycles. The molecule has 2 aliphatic rings. The zero-order chi connectivity index (χ0) is 21.1. The first-order valence-electron chi connectivity index (χ1n) is 10.7. The van der Waals surface area contributed by atoms with Crippen molar-refractivity contribution in [3.05, 3.63) is 53.6 Å². The number of aromatic hydroxyl groups is 1. The highest BCUT2D eigenvalue weighted by Gasteiger charge is 2.40. The highest BCUT2D eigenvalue weighted by atomic mass is 16.5. The van der Waals surface area contributed by atoms with Crippen LogP contribution in [-0.2, 0) is 0 Å². The fourth-order valence-corrected chi connectivity index (χ4v) is 4.56. The monoisotopic (exact) mass is 409 g/mol. The number of benzene rings is 2. The number of para-hydroxylation sites is 1. The Kier molecular flexibility index (Phi) is 5.97. The standard InChI is InChI=1S/C24H31N3O3/c1-4-27-13-11-24(12-14-27)25-20(17-7-5-8-18(15-17)29-2)16-21(26-24)19-9-6-10-22(30-3)23(19)28/h5-10,15,21,26,28H,4,11-14,16H2,1-3H3/t21-/m1/s1. The second-order valence-corrected chi connectivity index (χ2v) is 8.06. The lowest BCUT2D eigenvalue weighted by molar-refractivity contribution is 0.129. The zero-order valence-corrected chi connectivity index (χ0v) is 18.0.